The van der Waals surface area contributed by atoms with Gasteiger partial charge in [0.2, 0.25) is 5.89 Å². The van der Waals surface area contributed by atoms with E-state index in [1.807, 2.05) is 0 Å². The lowest BCUT2D eigenvalue weighted by atomic mass is 10.1. The Bertz CT molecular complexity index is 468. The molecule has 6 nitrogen and oxygen atoms in total. The summed E-state index contributed by atoms with van der Waals surface area (Å²) < 4.78 is 27.0. The topological polar surface area (TPSA) is 93.3 Å². The minimum atomic E-state index is -3.15. The molecule has 7 heteroatoms. The van der Waals surface area contributed by atoms with E-state index in [1.165, 1.54) is 0 Å². The van der Waals surface area contributed by atoms with Gasteiger partial charge in [0.05, 0.1) is 12.0 Å². The summed E-state index contributed by atoms with van der Waals surface area (Å²) in [4.78, 5) is 4.01. The molecule has 0 spiro atoms. The van der Waals surface area contributed by atoms with E-state index in [1.54, 1.807) is 0 Å². The fraction of sp³-hybridized carbons (Fsp3) is 0.778. The van der Waals surface area contributed by atoms with E-state index in [0.29, 0.717) is 5.89 Å². The zero-order valence-electron chi connectivity index (χ0n) is 8.96. The molecule has 1 fully saturated rings. The molecule has 0 amide bonds. The number of sulfone groups is 1. The van der Waals surface area contributed by atoms with E-state index < -0.39 is 15.9 Å². The van der Waals surface area contributed by atoms with Gasteiger partial charge in [0, 0.05) is 6.26 Å². The van der Waals surface area contributed by atoms with E-state index in [0.717, 1.165) is 25.5 Å². The van der Waals surface area contributed by atoms with Crippen LogP contribution in [-0.2, 0) is 15.6 Å². The first kappa shape index (κ1) is 11.5. The van der Waals surface area contributed by atoms with Crippen LogP contribution in [0.2, 0.25) is 0 Å². The van der Waals surface area contributed by atoms with E-state index in [-0.39, 0.29) is 17.5 Å². The fourth-order valence-corrected chi connectivity index (χ4v) is 2.53. The molecule has 1 N–H and O–H groups in total. The van der Waals surface area contributed by atoms with Crippen molar-refractivity contribution in [3.8, 4) is 0 Å². The molecule has 1 heterocycles. The van der Waals surface area contributed by atoms with Gasteiger partial charge < -0.3 is 9.63 Å². The quantitative estimate of drug-likeness (QED) is 0.821. The van der Waals surface area contributed by atoms with Gasteiger partial charge in [-0.3, -0.25) is 0 Å². The number of aliphatic hydroxyl groups excluding tert-OH is 1. The van der Waals surface area contributed by atoms with Gasteiger partial charge in [-0.05, 0) is 19.3 Å². The molecule has 1 saturated carbocycles. The predicted octanol–water partition coefficient (Wildman–Crippen LogP) is 0.243. The van der Waals surface area contributed by atoms with E-state index in [9.17, 15) is 13.5 Å². The van der Waals surface area contributed by atoms with Gasteiger partial charge in [0.15, 0.2) is 15.7 Å². The second-order valence-electron chi connectivity index (χ2n) is 4.22. The highest BCUT2D eigenvalue weighted by atomic mass is 32.2. The van der Waals surface area contributed by atoms with Gasteiger partial charge in [0.25, 0.3) is 0 Å². The smallest absolute Gasteiger partial charge is 0.232 e. The first-order valence-electron chi connectivity index (χ1n) is 5.14. The number of hydrogen-bond donors (Lipinski definition) is 1. The standard InChI is InChI=1S/C9H14N2O4S/c1-16(13,14)5-8-10-9(15-11-8)6-3-2-4-7(6)12/h6-7,12H,2-5H2,1H3. The molecule has 2 atom stereocenters. The molecule has 90 valence electrons. The fourth-order valence-electron chi connectivity index (χ4n) is 1.94. The monoisotopic (exact) mass is 246 g/mol. The summed E-state index contributed by atoms with van der Waals surface area (Å²) in [7, 11) is -3.15. The normalized spacial score (nSPS) is 26.1. The maximum atomic E-state index is 11.0. The lowest BCUT2D eigenvalue weighted by Crippen LogP contribution is -2.11. The van der Waals surface area contributed by atoms with Crippen LogP contribution in [-0.4, -0.2) is 36.0 Å². The van der Waals surface area contributed by atoms with Gasteiger partial charge in [-0.25, -0.2) is 8.42 Å². The maximum absolute atomic E-state index is 11.0. The van der Waals surface area contributed by atoms with Crippen molar-refractivity contribution in [1.82, 2.24) is 10.1 Å². The molecular formula is C9H14N2O4S. The summed E-state index contributed by atoms with van der Waals surface area (Å²) in [5.74, 6) is 0.153. The van der Waals surface area contributed by atoms with Gasteiger partial charge in [-0.2, -0.15) is 4.98 Å². The second kappa shape index (κ2) is 4.14. The third-order valence-electron chi connectivity index (χ3n) is 2.67. The van der Waals surface area contributed by atoms with Crippen molar-refractivity contribution in [2.75, 3.05) is 6.26 Å². The summed E-state index contributed by atoms with van der Waals surface area (Å²) in [5.41, 5.74) is 0. The first-order chi connectivity index (χ1) is 7.46. The molecule has 0 aromatic carbocycles. The van der Waals surface area contributed by atoms with E-state index in [4.69, 9.17) is 4.52 Å². The molecule has 0 saturated heterocycles. The summed E-state index contributed by atoms with van der Waals surface area (Å²) in [6.07, 6.45) is 3.13. The first-order valence-corrected chi connectivity index (χ1v) is 7.20. The minimum absolute atomic E-state index is 0.138. The van der Waals surface area contributed by atoms with Crippen LogP contribution < -0.4 is 0 Å². The lowest BCUT2D eigenvalue weighted by molar-refractivity contribution is 0.148. The summed E-state index contributed by atoms with van der Waals surface area (Å²) in [6, 6.07) is 0. The Hall–Kier alpha value is -0.950. The molecule has 1 aliphatic carbocycles. The summed E-state index contributed by atoms with van der Waals surface area (Å²) >= 11 is 0. The third-order valence-corrected chi connectivity index (χ3v) is 3.45. The highest BCUT2D eigenvalue weighted by Gasteiger charge is 2.31. The molecule has 0 aliphatic heterocycles. The Morgan fingerprint density at radius 2 is 2.25 bits per heavy atom. The molecule has 1 aliphatic rings. The number of aromatic nitrogens is 2. The largest absolute Gasteiger partial charge is 0.392 e. The van der Waals surface area contributed by atoms with E-state index in [2.05, 4.69) is 10.1 Å². The van der Waals surface area contributed by atoms with Crippen LogP contribution in [0.25, 0.3) is 0 Å². The number of aliphatic hydroxyl groups is 1. The van der Waals surface area contributed by atoms with Gasteiger partial charge >= 0.3 is 0 Å². The molecule has 16 heavy (non-hydrogen) atoms. The van der Waals surface area contributed by atoms with Crippen LogP contribution in [0.4, 0.5) is 0 Å². The van der Waals surface area contributed by atoms with Crippen LogP contribution >= 0.6 is 0 Å². The average Bonchev–Trinajstić information content (AvgIpc) is 2.71. The van der Waals surface area contributed by atoms with Crippen LogP contribution in [0.5, 0.6) is 0 Å². The number of nitrogens with zero attached hydrogens (tertiary/aromatic N) is 2. The van der Waals surface area contributed by atoms with Gasteiger partial charge in [-0.15, -0.1) is 0 Å². The molecule has 2 rings (SSSR count). The minimum Gasteiger partial charge on any atom is -0.392 e. The second-order valence-corrected chi connectivity index (χ2v) is 6.36. The Morgan fingerprint density at radius 1 is 1.50 bits per heavy atom. The van der Waals surface area contributed by atoms with Gasteiger partial charge in [0.1, 0.15) is 5.75 Å². The Labute approximate surface area is 93.6 Å². The maximum Gasteiger partial charge on any atom is 0.232 e. The zero-order valence-corrected chi connectivity index (χ0v) is 9.77. The van der Waals surface area contributed by atoms with Crippen molar-refractivity contribution in [2.24, 2.45) is 0 Å². The summed E-state index contributed by atoms with van der Waals surface area (Å²) in [5, 5.41) is 13.2. The van der Waals surface area contributed by atoms with Crippen molar-refractivity contribution >= 4 is 9.84 Å². The number of rotatable bonds is 3. The third kappa shape index (κ3) is 2.59. The molecule has 1 aromatic heterocycles. The SMILES string of the molecule is CS(=O)(=O)Cc1noc(C2CCCC2O)n1. The lowest BCUT2D eigenvalue weighted by Gasteiger charge is -2.07. The Morgan fingerprint density at radius 3 is 2.81 bits per heavy atom. The van der Waals surface area contributed by atoms with Crippen molar-refractivity contribution in [3.63, 3.8) is 0 Å². The molecule has 1 aromatic rings. The Kier molecular flexibility index (Phi) is 2.98. The van der Waals surface area contributed by atoms with Crippen molar-refractivity contribution in [2.45, 2.75) is 37.0 Å². The van der Waals surface area contributed by atoms with Gasteiger partial charge in [-0.1, -0.05) is 5.16 Å². The Balaban J connectivity index is 2.13. The van der Waals surface area contributed by atoms with Crippen molar-refractivity contribution in [1.29, 1.82) is 0 Å². The van der Waals surface area contributed by atoms with E-state index >= 15 is 0 Å². The van der Waals surface area contributed by atoms with Crippen LogP contribution in [0.3, 0.4) is 0 Å². The molecule has 0 bridgehead atoms. The van der Waals surface area contributed by atoms with Crippen molar-refractivity contribution < 1.29 is 18.0 Å². The summed E-state index contributed by atoms with van der Waals surface area (Å²) in [6.45, 7) is 0. The number of hydrogen-bond acceptors (Lipinski definition) is 6. The molecule has 0 radical (unpaired) electrons. The highest BCUT2D eigenvalue weighted by molar-refractivity contribution is 7.89. The van der Waals surface area contributed by atoms with Crippen molar-refractivity contribution in [3.05, 3.63) is 11.7 Å². The van der Waals surface area contributed by atoms with Crippen LogP contribution in [0, 0.1) is 0 Å². The predicted molar refractivity (Wildman–Crippen MR) is 55.4 cm³/mol. The van der Waals surface area contributed by atoms with Crippen LogP contribution in [0.1, 0.15) is 36.9 Å². The average molecular weight is 246 g/mol. The molecule has 2 unspecified atom stereocenters. The zero-order chi connectivity index (χ0) is 11.8. The highest BCUT2D eigenvalue weighted by Crippen LogP contribution is 2.33. The van der Waals surface area contributed by atoms with Crippen LogP contribution in [0.15, 0.2) is 4.52 Å². The molecular weight excluding hydrogens is 232 g/mol.